The summed E-state index contributed by atoms with van der Waals surface area (Å²) in [5.41, 5.74) is 0. The summed E-state index contributed by atoms with van der Waals surface area (Å²) in [4.78, 5) is 34.2. The minimum absolute atomic E-state index is 0.170. The van der Waals surface area contributed by atoms with E-state index in [1.165, 1.54) is 0 Å². The molecule has 0 aromatic rings. The number of ether oxygens (including phenoxy) is 2. The van der Waals surface area contributed by atoms with Gasteiger partial charge in [-0.05, 0) is 37.5 Å². The molecule has 6 nitrogen and oxygen atoms in total. The van der Waals surface area contributed by atoms with E-state index >= 15 is 0 Å². The Hall–Kier alpha value is -1.43. The van der Waals surface area contributed by atoms with E-state index in [4.69, 9.17) is 4.74 Å². The van der Waals surface area contributed by atoms with E-state index in [0.717, 1.165) is 25.7 Å². The fourth-order valence-corrected chi connectivity index (χ4v) is 4.12. The van der Waals surface area contributed by atoms with Gasteiger partial charge in [-0.15, -0.1) is 0 Å². The molecular formula is C15H20O6. The molecule has 0 amide bonds. The maximum Gasteiger partial charge on any atom is 0.317 e. The van der Waals surface area contributed by atoms with Gasteiger partial charge in [0.1, 0.15) is 0 Å². The SMILES string of the molecule is CC1(O)OC(=O)CC1C1CCC(C2CC(=O)OC2=O)CC1. The van der Waals surface area contributed by atoms with Crippen LogP contribution in [0.15, 0.2) is 0 Å². The van der Waals surface area contributed by atoms with Crippen molar-refractivity contribution in [1.82, 2.24) is 0 Å². The van der Waals surface area contributed by atoms with Gasteiger partial charge < -0.3 is 14.6 Å². The average molecular weight is 296 g/mol. The van der Waals surface area contributed by atoms with Gasteiger partial charge in [0.05, 0.1) is 18.8 Å². The van der Waals surface area contributed by atoms with Crippen LogP contribution in [0.4, 0.5) is 0 Å². The van der Waals surface area contributed by atoms with E-state index in [-0.39, 0.29) is 42.5 Å². The highest BCUT2D eigenvalue weighted by Gasteiger charge is 2.49. The monoisotopic (exact) mass is 296 g/mol. The van der Waals surface area contributed by atoms with Gasteiger partial charge in [0, 0.05) is 12.8 Å². The Balaban J connectivity index is 1.59. The fourth-order valence-electron chi connectivity index (χ4n) is 4.12. The lowest BCUT2D eigenvalue weighted by Crippen LogP contribution is -2.38. The topological polar surface area (TPSA) is 89.9 Å². The molecule has 1 saturated carbocycles. The van der Waals surface area contributed by atoms with Crippen molar-refractivity contribution in [1.29, 1.82) is 0 Å². The molecule has 2 saturated heterocycles. The number of esters is 3. The first kappa shape index (κ1) is 14.5. The van der Waals surface area contributed by atoms with E-state index in [2.05, 4.69) is 4.74 Å². The Bertz CT molecular complexity index is 475. The Morgan fingerprint density at radius 3 is 2.10 bits per heavy atom. The molecule has 0 bridgehead atoms. The van der Waals surface area contributed by atoms with Crippen molar-refractivity contribution < 1.29 is 29.0 Å². The zero-order valence-electron chi connectivity index (χ0n) is 12.0. The number of carbonyl (C=O) groups is 3. The minimum Gasteiger partial charge on any atom is -0.433 e. The summed E-state index contributed by atoms with van der Waals surface area (Å²) in [5.74, 6) is -2.64. The summed E-state index contributed by atoms with van der Waals surface area (Å²) in [7, 11) is 0. The molecule has 1 N–H and O–H groups in total. The van der Waals surface area contributed by atoms with Crippen LogP contribution in [0, 0.1) is 23.7 Å². The van der Waals surface area contributed by atoms with Crippen molar-refractivity contribution in [2.24, 2.45) is 23.7 Å². The molecule has 0 aromatic carbocycles. The first-order valence-electron chi connectivity index (χ1n) is 7.55. The van der Waals surface area contributed by atoms with Crippen molar-refractivity contribution in [2.45, 2.75) is 51.2 Å². The molecule has 0 aromatic heterocycles. The van der Waals surface area contributed by atoms with Crippen molar-refractivity contribution >= 4 is 17.9 Å². The number of hydrogen-bond acceptors (Lipinski definition) is 6. The first-order chi connectivity index (χ1) is 9.87. The molecular weight excluding hydrogens is 276 g/mol. The quantitative estimate of drug-likeness (QED) is 0.607. The number of aliphatic hydroxyl groups is 1. The van der Waals surface area contributed by atoms with Gasteiger partial charge in [-0.1, -0.05) is 0 Å². The number of hydrogen-bond donors (Lipinski definition) is 1. The molecule has 0 radical (unpaired) electrons. The molecule has 3 fully saturated rings. The number of carbonyl (C=O) groups excluding carboxylic acids is 3. The summed E-state index contributed by atoms with van der Waals surface area (Å²) in [6.07, 6.45) is 3.75. The molecule has 3 rings (SSSR count). The molecule has 3 unspecified atom stereocenters. The maximum absolute atomic E-state index is 11.6. The van der Waals surface area contributed by atoms with Crippen molar-refractivity contribution in [3.05, 3.63) is 0 Å². The van der Waals surface area contributed by atoms with E-state index in [1.54, 1.807) is 6.92 Å². The summed E-state index contributed by atoms with van der Waals surface area (Å²) in [6.45, 7) is 1.54. The van der Waals surface area contributed by atoms with Crippen LogP contribution in [0.1, 0.15) is 45.4 Å². The average Bonchev–Trinajstić information content (AvgIpc) is 2.88. The van der Waals surface area contributed by atoms with Crippen LogP contribution in [0.2, 0.25) is 0 Å². The van der Waals surface area contributed by atoms with Crippen LogP contribution < -0.4 is 0 Å². The Kier molecular flexibility index (Phi) is 3.51. The summed E-state index contributed by atoms with van der Waals surface area (Å²) in [6, 6.07) is 0. The number of cyclic esters (lactones) is 3. The summed E-state index contributed by atoms with van der Waals surface area (Å²) >= 11 is 0. The van der Waals surface area contributed by atoms with E-state index < -0.39 is 17.7 Å². The molecule has 0 spiro atoms. The molecule has 2 heterocycles. The predicted octanol–water partition coefficient (Wildman–Crippen LogP) is 1.15. The highest BCUT2D eigenvalue weighted by atomic mass is 16.7. The van der Waals surface area contributed by atoms with Crippen LogP contribution >= 0.6 is 0 Å². The van der Waals surface area contributed by atoms with Crippen molar-refractivity contribution in [2.75, 3.05) is 0 Å². The van der Waals surface area contributed by atoms with Gasteiger partial charge in [-0.25, -0.2) is 0 Å². The molecule has 3 aliphatic rings. The summed E-state index contributed by atoms with van der Waals surface area (Å²) in [5, 5.41) is 10.2. The molecule has 116 valence electrons. The van der Waals surface area contributed by atoms with Crippen LogP contribution in [0.25, 0.3) is 0 Å². The summed E-state index contributed by atoms with van der Waals surface area (Å²) < 4.78 is 9.59. The van der Waals surface area contributed by atoms with Gasteiger partial charge >= 0.3 is 17.9 Å². The van der Waals surface area contributed by atoms with Crippen LogP contribution in [-0.2, 0) is 23.9 Å². The van der Waals surface area contributed by atoms with Gasteiger partial charge in [-0.3, -0.25) is 14.4 Å². The third-order valence-electron chi connectivity index (χ3n) is 5.25. The second-order valence-corrected chi connectivity index (χ2v) is 6.62. The Labute approximate surface area is 122 Å². The molecule has 6 heteroatoms. The third kappa shape index (κ3) is 2.69. The van der Waals surface area contributed by atoms with Gasteiger partial charge in [0.2, 0.25) is 5.79 Å². The number of rotatable bonds is 2. The van der Waals surface area contributed by atoms with E-state index in [9.17, 15) is 19.5 Å². The normalized spacial score (nSPS) is 43.8. The van der Waals surface area contributed by atoms with Gasteiger partial charge in [-0.2, -0.15) is 0 Å². The van der Waals surface area contributed by atoms with Crippen LogP contribution in [0.3, 0.4) is 0 Å². The highest BCUT2D eigenvalue weighted by Crippen LogP contribution is 2.45. The third-order valence-corrected chi connectivity index (χ3v) is 5.25. The van der Waals surface area contributed by atoms with Gasteiger partial charge in [0.15, 0.2) is 0 Å². The smallest absolute Gasteiger partial charge is 0.317 e. The first-order valence-corrected chi connectivity index (χ1v) is 7.55. The van der Waals surface area contributed by atoms with Crippen LogP contribution in [0.5, 0.6) is 0 Å². The Morgan fingerprint density at radius 1 is 1.00 bits per heavy atom. The lowest BCUT2D eigenvalue weighted by Gasteiger charge is -2.36. The molecule has 21 heavy (non-hydrogen) atoms. The second-order valence-electron chi connectivity index (χ2n) is 6.62. The standard InChI is InChI=1S/C15H20O6/c1-15(19)11(7-13(17)21-15)9-4-2-8(3-5-9)10-6-12(16)20-14(10)18/h8-11,19H,2-7H2,1H3. The zero-order chi connectivity index (χ0) is 15.2. The zero-order valence-corrected chi connectivity index (χ0v) is 12.0. The molecule has 2 aliphatic heterocycles. The second kappa shape index (κ2) is 5.09. The van der Waals surface area contributed by atoms with E-state index in [1.807, 2.05) is 0 Å². The van der Waals surface area contributed by atoms with Crippen molar-refractivity contribution in [3.8, 4) is 0 Å². The lowest BCUT2D eigenvalue weighted by atomic mass is 9.69. The predicted molar refractivity (Wildman–Crippen MR) is 69.5 cm³/mol. The lowest BCUT2D eigenvalue weighted by molar-refractivity contribution is -0.199. The largest absolute Gasteiger partial charge is 0.433 e. The van der Waals surface area contributed by atoms with Crippen LogP contribution in [-0.4, -0.2) is 28.8 Å². The molecule has 1 aliphatic carbocycles. The molecule has 3 atom stereocenters. The highest BCUT2D eigenvalue weighted by molar-refractivity contribution is 5.94. The minimum atomic E-state index is -1.38. The Morgan fingerprint density at radius 2 is 1.62 bits per heavy atom. The van der Waals surface area contributed by atoms with E-state index in [0.29, 0.717) is 0 Å². The maximum atomic E-state index is 11.6. The van der Waals surface area contributed by atoms with Gasteiger partial charge in [0.25, 0.3) is 0 Å². The van der Waals surface area contributed by atoms with Crippen molar-refractivity contribution in [3.63, 3.8) is 0 Å². The fraction of sp³-hybridized carbons (Fsp3) is 0.800.